The van der Waals surface area contributed by atoms with Crippen LogP contribution in [0.25, 0.3) is 0 Å². The van der Waals surface area contributed by atoms with Gasteiger partial charge in [0.1, 0.15) is 23.5 Å². The van der Waals surface area contributed by atoms with Gasteiger partial charge in [0.15, 0.2) is 19.4 Å². The molecule has 0 bridgehead atoms. The van der Waals surface area contributed by atoms with Crippen LogP contribution in [0.1, 0.15) is 139 Å². The third-order valence-electron chi connectivity index (χ3n) is 14.3. The fourth-order valence-corrected chi connectivity index (χ4v) is 11.9. The topological polar surface area (TPSA) is 57.2 Å². The maximum absolute atomic E-state index is 13.4. The van der Waals surface area contributed by atoms with E-state index in [1.165, 1.54) is 37.7 Å². The monoisotopic (exact) mass is 773 g/mol. The summed E-state index contributed by atoms with van der Waals surface area (Å²) in [6, 6.07) is 0. The second-order valence-electron chi connectivity index (χ2n) is 20.5. The van der Waals surface area contributed by atoms with Crippen LogP contribution >= 0.6 is 0 Å². The van der Waals surface area contributed by atoms with E-state index in [1.807, 2.05) is 14.1 Å². The number of allylic oxidation sites excluding steroid dienone is 4. The zero-order valence-electron chi connectivity index (χ0n) is 36.1. The molecule has 5 aliphatic rings. The number of hydrogen-bond acceptors (Lipinski definition) is 5. The van der Waals surface area contributed by atoms with Crippen molar-refractivity contribution in [3.05, 3.63) is 35.5 Å². The first-order valence-electron chi connectivity index (χ1n) is 21.2. The third-order valence-corrected chi connectivity index (χ3v) is 21.1. The highest BCUT2D eigenvalue weighted by Crippen LogP contribution is 2.60. The Labute approximate surface area is 329 Å². The SMILES string of the molecule is C[C@H](/C=C/C(OC1CCCCO1)C1(C(=O)N(C)C)CC1)C1CCC2/C(=C/C=C3/C[C@@H](O[S+](C)C(C)(C)C)C[C@H](O[Si](C)(C)C(C)(C)C)C3)CCC[C@@]21C. The molecule has 0 aromatic rings. The van der Waals surface area contributed by atoms with Gasteiger partial charge in [-0.15, -0.1) is 0 Å². The number of hydrogen-bond donors (Lipinski definition) is 0. The molecule has 0 aromatic carbocycles. The molecule has 4 aliphatic carbocycles. The molecule has 1 aliphatic heterocycles. The van der Waals surface area contributed by atoms with Crippen molar-refractivity contribution in [3.63, 3.8) is 0 Å². The predicted octanol–water partition coefficient (Wildman–Crippen LogP) is 10.9. The van der Waals surface area contributed by atoms with Crippen molar-refractivity contribution in [3.8, 4) is 0 Å². The first-order valence-corrected chi connectivity index (χ1v) is 25.7. The molecule has 5 fully saturated rings. The highest BCUT2D eigenvalue weighted by molar-refractivity contribution is 7.93. The van der Waals surface area contributed by atoms with Crippen molar-refractivity contribution >= 4 is 25.4 Å². The molecular weight excluding hydrogens is 695 g/mol. The van der Waals surface area contributed by atoms with Gasteiger partial charge in [0, 0.05) is 33.5 Å². The first-order chi connectivity index (χ1) is 24.7. The molecule has 1 heterocycles. The highest BCUT2D eigenvalue weighted by atomic mass is 32.2. The average Bonchev–Trinajstić information content (AvgIpc) is 3.79. The molecule has 0 N–H and O–H groups in total. The van der Waals surface area contributed by atoms with E-state index in [0.29, 0.717) is 17.8 Å². The summed E-state index contributed by atoms with van der Waals surface area (Å²) in [4.78, 5) is 15.2. The zero-order valence-corrected chi connectivity index (χ0v) is 38.0. The van der Waals surface area contributed by atoms with Crippen molar-refractivity contribution in [1.82, 2.24) is 4.90 Å². The molecule has 5 unspecified atom stereocenters. The summed E-state index contributed by atoms with van der Waals surface area (Å²) in [5, 5.41) is 0.186. The van der Waals surface area contributed by atoms with Gasteiger partial charge in [0.25, 0.3) is 0 Å². The minimum atomic E-state index is -1.91. The number of fused-ring (bicyclic) bond motifs is 1. The molecule has 8 heteroatoms. The predicted molar refractivity (Wildman–Crippen MR) is 225 cm³/mol. The summed E-state index contributed by atoms with van der Waals surface area (Å²) in [7, 11) is 1.85. The van der Waals surface area contributed by atoms with Crippen LogP contribution in [0, 0.1) is 28.6 Å². The maximum Gasteiger partial charge on any atom is 0.231 e. The van der Waals surface area contributed by atoms with E-state index in [2.05, 4.69) is 99.0 Å². The van der Waals surface area contributed by atoms with E-state index in [1.54, 1.807) is 10.5 Å². The molecule has 0 aromatic heterocycles. The summed E-state index contributed by atoms with van der Waals surface area (Å²) in [5.41, 5.74) is 2.99. The fourth-order valence-electron chi connectivity index (χ4n) is 9.69. The maximum atomic E-state index is 13.4. The smallest absolute Gasteiger partial charge is 0.231 e. The van der Waals surface area contributed by atoms with Gasteiger partial charge in [-0.25, -0.2) is 0 Å². The summed E-state index contributed by atoms with van der Waals surface area (Å²) >= 11 is -0.120. The van der Waals surface area contributed by atoms with E-state index in [4.69, 9.17) is 18.1 Å². The lowest BCUT2D eigenvalue weighted by atomic mass is 9.61. The standard InChI is InChI=1S/C45H78NO5SSi/c1-32(19-24-39(49-40-18-14-15-28-48-40)45(26-27-45)41(47)46(9)10)37-22-23-38-34(17-16-25-44(37,38)8)21-20-33-29-35(50-52(11)42(2,3)4)31-36(30-33)51-53(12,13)43(5,6)7/h19-21,24,32,35-40H,14-18,22-23,25-31H2,1-13H3/q+1/b24-19+,33-20-,34-21+/t32-,35-,36-,37?,38?,39?,40?,44-,52?/m1/s1. The van der Waals surface area contributed by atoms with Gasteiger partial charge in [-0.3, -0.25) is 4.79 Å². The van der Waals surface area contributed by atoms with Crippen molar-refractivity contribution < 1.29 is 22.9 Å². The van der Waals surface area contributed by atoms with Gasteiger partial charge < -0.3 is 18.8 Å². The van der Waals surface area contributed by atoms with Crippen LogP contribution in [0.15, 0.2) is 35.5 Å². The van der Waals surface area contributed by atoms with Gasteiger partial charge in [0.05, 0.1) is 17.6 Å². The lowest BCUT2D eigenvalue weighted by Gasteiger charge is -2.44. The molecule has 1 saturated heterocycles. The Bertz CT molecular complexity index is 1350. The summed E-state index contributed by atoms with van der Waals surface area (Å²) in [5.74, 6) is 1.85. The summed E-state index contributed by atoms with van der Waals surface area (Å²) < 4.78 is 26.7. The largest absolute Gasteiger partial charge is 0.414 e. The van der Waals surface area contributed by atoms with Crippen molar-refractivity contribution in [2.45, 2.75) is 186 Å². The van der Waals surface area contributed by atoms with Crippen LogP contribution in [0.3, 0.4) is 0 Å². The van der Waals surface area contributed by atoms with Gasteiger partial charge in [0.2, 0.25) is 5.91 Å². The van der Waals surface area contributed by atoms with Gasteiger partial charge in [-0.1, -0.05) is 70.1 Å². The van der Waals surface area contributed by atoms with Gasteiger partial charge in [-0.2, -0.15) is 4.18 Å². The van der Waals surface area contributed by atoms with Crippen LogP contribution < -0.4 is 0 Å². The van der Waals surface area contributed by atoms with Crippen molar-refractivity contribution in [1.29, 1.82) is 0 Å². The molecule has 1 amide bonds. The summed E-state index contributed by atoms with van der Waals surface area (Å²) in [6.45, 7) is 24.5. The van der Waals surface area contributed by atoms with Crippen LogP contribution in [0.2, 0.25) is 18.1 Å². The Morgan fingerprint density at radius 3 is 2.26 bits per heavy atom. The van der Waals surface area contributed by atoms with Crippen LogP contribution in [0.4, 0.5) is 0 Å². The minimum absolute atomic E-state index is 0.120. The number of ether oxygens (including phenoxy) is 2. The Morgan fingerprint density at radius 2 is 1.66 bits per heavy atom. The van der Waals surface area contributed by atoms with E-state index in [-0.39, 0.29) is 56.9 Å². The highest BCUT2D eigenvalue weighted by Gasteiger charge is 2.57. The van der Waals surface area contributed by atoms with Gasteiger partial charge >= 0.3 is 0 Å². The van der Waals surface area contributed by atoms with E-state index in [0.717, 1.165) is 58.0 Å². The normalized spacial score (nSPS) is 34.2. The van der Waals surface area contributed by atoms with E-state index in [9.17, 15) is 4.79 Å². The molecule has 0 spiro atoms. The molecule has 0 radical (unpaired) electrons. The average molecular weight is 773 g/mol. The lowest BCUT2D eigenvalue weighted by Crippen LogP contribution is -2.46. The second-order valence-corrected chi connectivity index (χ2v) is 27.6. The van der Waals surface area contributed by atoms with Crippen molar-refractivity contribution in [2.75, 3.05) is 27.0 Å². The molecular formula is C45H78NO5SSi+. The number of carbonyl (C=O) groups is 1. The Morgan fingerprint density at radius 1 is 0.962 bits per heavy atom. The zero-order chi connectivity index (χ0) is 39.0. The Balaban J connectivity index is 1.32. The molecule has 6 nitrogen and oxygen atoms in total. The Hall–Kier alpha value is -0.903. The molecule has 302 valence electrons. The molecule has 53 heavy (non-hydrogen) atoms. The molecule has 4 saturated carbocycles. The number of nitrogens with zero attached hydrogens (tertiary/aromatic N) is 1. The quantitative estimate of drug-likeness (QED) is 0.112. The summed E-state index contributed by atoms with van der Waals surface area (Å²) in [6.07, 6.45) is 26.1. The van der Waals surface area contributed by atoms with Gasteiger partial charge in [-0.05, 0) is 133 Å². The molecule has 5 rings (SSSR count). The molecule has 9 atom stereocenters. The number of rotatable bonds is 12. The third kappa shape index (κ3) is 10.2. The number of amides is 1. The second kappa shape index (κ2) is 16.9. The fraction of sp³-hybridized carbons (Fsp3) is 0.844. The van der Waals surface area contributed by atoms with Crippen LogP contribution in [-0.4, -0.2) is 75.4 Å². The van der Waals surface area contributed by atoms with Crippen molar-refractivity contribution in [2.24, 2.45) is 28.6 Å². The Kier molecular flexibility index (Phi) is 13.8. The lowest BCUT2D eigenvalue weighted by molar-refractivity contribution is -0.193. The number of carbonyl (C=O) groups excluding carboxylic acids is 1. The first kappa shape index (κ1) is 43.2. The van der Waals surface area contributed by atoms with Crippen LogP contribution in [0.5, 0.6) is 0 Å². The van der Waals surface area contributed by atoms with Crippen LogP contribution in [-0.2, 0) is 34.1 Å². The van der Waals surface area contributed by atoms with E-state index < -0.39 is 13.7 Å². The van der Waals surface area contributed by atoms with E-state index >= 15 is 0 Å². The minimum Gasteiger partial charge on any atom is -0.414 e.